The Bertz CT molecular complexity index is 832. The molecule has 8 heteroatoms. The summed E-state index contributed by atoms with van der Waals surface area (Å²) in [4.78, 5) is 2.17. The summed E-state index contributed by atoms with van der Waals surface area (Å²) in [5.41, 5.74) is 4.90. The third kappa shape index (κ3) is 2.86. The number of hydrogen-bond acceptors (Lipinski definition) is 7. The molecule has 1 atom stereocenters. The lowest BCUT2D eigenvalue weighted by atomic mass is 9.79. The van der Waals surface area contributed by atoms with Crippen LogP contribution in [0.4, 0.5) is 11.4 Å². The summed E-state index contributed by atoms with van der Waals surface area (Å²) in [7, 11) is 4.50. The number of fused-ring (bicyclic) bond motifs is 2. The Morgan fingerprint density at radius 1 is 1.23 bits per heavy atom. The van der Waals surface area contributed by atoms with Crippen molar-refractivity contribution in [3.05, 3.63) is 41.5 Å². The number of benzene rings is 2. The van der Waals surface area contributed by atoms with Crippen molar-refractivity contribution < 1.29 is 19.2 Å². The molecule has 3 N–H and O–H groups in total. The van der Waals surface area contributed by atoms with Crippen molar-refractivity contribution in [1.29, 1.82) is 0 Å². The van der Waals surface area contributed by atoms with Crippen LogP contribution < -0.4 is 25.6 Å². The molecular formula is C18H22BN3O4. The first-order valence-electron chi connectivity index (χ1n) is 8.49. The van der Waals surface area contributed by atoms with Crippen LogP contribution >= 0.6 is 0 Å². The van der Waals surface area contributed by atoms with E-state index in [1.807, 2.05) is 37.4 Å². The molecule has 0 bridgehead atoms. The van der Waals surface area contributed by atoms with Crippen molar-refractivity contribution >= 4 is 24.0 Å². The zero-order chi connectivity index (χ0) is 18.3. The molecule has 7 nitrogen and oxygen atoms in total. The SMILES string of the molecule is COc1cc2c(cc1OC)C(Nc1ccc3c(c1)COB3O)N(C)CN2. The van der Waals surface area contributed by atoms with E-state index >= 15 is 0 Å². The fraction of sp³-hybridized carbons (Fsp3) is 0.333. The molecule has 0 amide bonds. The molecule has 0 aliphatic carbocycles. The molecule has 0 saturated carbocycles. The maximum atomic E-state index is 9.79. The highest BCUT2D eigenvalue weighted by Gasteiger charge is 2.29. The standard InChI is InChI=1S/C18H22BN3O4/c1-22-10-20-15-8-17(25-3)16(24-2)7-13(15)18(22)21-12-4-5-14-11(6-12)9-26-19(14)23/h4-8,18,20-21,23H,9-10H2,1-3H3. The van der Waals surface area contributed by atoms with E-state index < -0.39 is 7.12 Å². The van der Waals surface area contributed by atoms with Gasteiger partial charge in [-0.1, -0.05) is 6.07 Å². The average Bonchev–Trinajstić information content (AvgIpc) is 3.03. The van der Waals surface area contributed by atoms with Gasteiger partial charge in [0.05, 0.1) is 27.5 Å². The fourth-order valence-electron chi connectivity index (χ4n) is 3.48. The van der Waals surface area contributed by atoms with Gasteiger partial charge in [0, 0.05) is 23.0 Å². The van der Waals surface area contributed by atoms with Gasteiger partial charge in [-0.05, 0) is 36.3 Å². The highest BCUT2D eigenvalue weighted by molar-refractivity contribution is 6.61. The summed E-state index contributed by atoms with van der Waals surface area (Å²) in [6.45, 7) is 1.13. The quantitative estimate of drug-likeness (QED) is 0.715. The molecule has 136 valence electrons. The third-order valence-corrected chi connectivity index (χ3v) is 4.92. The van der Waals surface area contributed by atoms with Crippen LogP contribution in [0.2, 0.25) is 0 Å². The Morgan fingerprint density at radius 2 is 2.00 bits per heavy atom. The molecule has 0 aromatic heterocycles. The van der Waals surface area contributed by atoms with Crippen LogP contribution in [0.1, 0.15) is 17.3 Å². The van der Waals surface area contributed by atoms with E-state index in [0.717, 1.165) is 28.0 Å². The Morgan fingerprint density at radius 3 is 2.77 bits per heavy atom. The molecule has 0 fully saturated rings. The molecule has 26 heavy (non-hydrogen) atoms. The maximum Gasteiger partial charge on any atom is 0.491 e. The van der Waals surface area contributed by atoms with Crippen molar-refractivity contribution in [2.45, 2.75) is 12.8 Å². The predicted octanol–water partition coefficient (Wildman–Crippen LogP) is 1.35. The number of ether oxygens (including phenoxy) is 2. The van der Waals surface area contributed by atoms with E-state index in [9.17, 15) is 5.02 Å². The maximum absolute atomic E-state index is 9.79. The normalized spacial score (nSPS) is 18.8. The number of nitrogens with zero attached hydrogens (tertiary/aromatic N) is 1. The van der Waals surface area contributed by atoms with Crippen LogP contribution in [0.15, 0.2) is 30.3 Å². The van der Waals surface area contributed by atoms with Gasteiger partial charge in [-0.15, -0.1) is 0 Å². The second-order valence-electron chi connectivity index (χ2n) is 6.51. The summed E-state index contributed by atoms with van der Waals surface area (Å²) < 4.78 is 16.1. The summed E-state index contributed by atoms with van der Waals surface area (Å²) in [6, 6.07) is 9.86. The smallest absolute Gasteiger partial charge is 0.491 e. The number of methoxy groups -OCH3 is 2. The van der Waals surface area contributed by atoms with Gasteiger partial charge in [-0.2, -0.15) is 0 Å². The van der Waals surface area contributed by atoms with Gasteiger partial charge in [0.25, 0.3) is 0 Å². The molecule has 0 radical (unpaired) electrons. The minimum atomic E-state index is -0.821. The van der Waals surface area contributed by atoms with E-state index in [-0.39, 0.29) is 6.17 Å². The third-order valence-electron chi connectivity index (χ3n) is 4.92. The molecule has 2 aliphatic rings. The summed E-state index contributed by atoms with van der Waals surface area (Å²) in [5, 5.41) is 16.8. The molecule has 0 saturated heterocycles. The lowest BCUT2D eigenvalue weighted by molar-refractivity contribution is 0.274. The van der Waals surface area contributed by atoms with Gasteiger partial charge in [0.15, 0.2) is 11.5 Å². The van der Waals surface area contributed by atoms with E-state index in [2.05, 4.69) is 15.5 Å². The Kier molecular flexibility index (Phi) is 4.40. The Labute approximate surface area is 153 Å². The van der Waals surface area contributed by atoms with Gasteiger partial charge in [0.1, 0.15) is 6.17 Å². The molecule has 2 aromatic carbocycles. The van der Waals surface area contributed by atoms with E-state index in [0.29, 0.717) is 24.8 Å². The second-order valence-corrected chi connectivity index (χ2v) is 6.51. The van der Waals surface area contributed by atoms with Crippen molar-refractivity contribution in [1.82, 2.24) is 4.90 Å². The highest BCUT2D eigenvalue weighted by atomic mass is 16.5. The van der Waals surface area contributed by atoms with Crippen LogP contribution in [0, 0.1) is 0 Å². The molecule has 1 unspecified atom stereocenters. The van der Waals surface area contributed by atoms with E-state index in [1.54, 1.807) is 14.2 Å². The minimum Gasteiger partial charge on any atom is -0.493 e. The van der Waals surface area contributed by atoms with Crippen molar-refractivity contribution in [3.63, 3.8) is 0 Å². The first-order valence-corrected chi connectivity index (χ1v) is 8.49. The monoisotopic (exact) mass is 355 g/mol. The number of nitrogens with one attached hydrogen (secondary N) is 2. The van der Waals surface area contributed by atoms with Crippen molar-refractivity contribution in [3.8, 4) is 11.5 Å². The minimum absolute atomic E-state index is 0.0312. The zero-order valence-electron chi connectivity index (χ0n) is 15.1. The Hall–Kier alpha value is -2.42. The summed E-state index contributed by atoms with van der Waals surface area (Å²) in [6.07, 6.45) is -0.0312. The zero-order valence-corrected chi connectivity index (χ0v) is 15.1. The lowest BCUT2D eigenvalue weighted by Crippen LogP contribution is -2.39. The van der Waals surface area contributed by atoms with Gasteiger partial charge < -0.3 is 29.8 Å². The van der Waals surface area contributed by atoms with Crippen molar-refractivity contribution in [2.24, 2.45) is 0 Å². The molecule has 0 spiro atoms. The second kappa shape index (κ2) is 6.72. The van der Waals surface area contributed by atoms with E-state index in [4.69, 9.17) is 14.1 Å². The average molecular weight is 355 g/mol. The molecule has 4 rings (SSSR count). The van der Waals surface area contributed by atoms with Gasteiger partial charge >= 0.3 is 7.12 Å². The lowest BCUT2D eigenvalue weighted by Gasteiger charge is -2.36. The van der Waals surface area contributed by atoms with Crippen LogP contribution in [-0.4, -0.2) is 45.0 Å². The predicted molar refractivity (Wildman–Crippen MR) is 101 cm³/mol. The molecule has 2 aromatic rings. The van der Waals surface area contributed by atoms with Crippen LogP contribution in [0.25, 0.3) is 0 Å². The fourth-order valence-corrected chi connectivity index (χ4v) is 3.48. The number of anilines is 2. The van der Waals surface area contributed by atoms with Gasteiger partial charge in [0.2, 0.25) is 0 Å². The first kappa shape index (κ1) is 17.0. The number of rotatable bonds is 4. The topological polar surface area (TPSA) is 75.2 Å². The van der Waals surface area contributed by atoms with Crippen LogP contribution in [-0.2, 0) is 11.3 Å². The van der Waals surface area contributed by atoms with Gasteiger partial charge in [-0.3, -0.25) is 4.90 Å². The van der Waals surface area contributed by atoms with E-state index in [1.165, 1.54) is 0 Å². The Balaban J connectivity index is 1.67. The highest BCUT2D eigenvalue weighted by Crippen LogP contribution is 2.40. The summed E-state index contributed by atoms with van der Waals surface area (Å²) >= 11 is 0. The van der Waals surface area contributed by atoms with Crippen LogP contribution in [0.5, 0.6) is 11.5 Å². The molecule has 2 aliphatic heterocycles. The molecule has 2 heterocycles. The van der Waals surface area contributed by atoms with Gasteiger partial charge in [-0.25, -0.2) is 0 Å². The summed E-state index contributed by atoms with van der Waals surface area (Å²) in [5.74, 6) is 1.39. The van der Waals surface area contributed by atoms with Crippen molar-refractivity contribution in [2.75, 3.05) is 38.6 Å². The number of hydrogen-bond donors (Lipinski definition) is 3. The first-order chi connectivity index (χ1) is 12.6. The largest absolute Gasteiger partial charge is 0.493 e. The molecular weight excluding hydrogens is 333 g/mol. The van der Waals surface area contributed by atoms with Crippen LogP contribution in [0.3, 0.4) is 0 Å².